The summed E-state index contributed by atoms with van der Waals surface area (Å²) in [4.78, 5) is 0. The number of nitrogen functional groups attached to an aromatic ring is 1. The van der Waals surface area contributed by atoms with Crippen molar-refractivity contribution in [3.05, 3.63) is 17.7 Å². The van der Waals surface area contributed by atoms with Gasteiger partial charge in [0.15, 0.2) is 5.75 Å². The van der Waals surface area contributed by atoms with Crippen molar-refractivity contribution < 1.29 is 9.47 Å². The first-order chi connectivity index (χ1) is 6.74. The molecule has 1 aromatic rings. The predicted octanol–water partition coefficient (Wildman–Crippen LogP) is 1.06. The SMILES string of the molecule is COc1ccc(N)c2c1[C@H](N)CCO2. The molecule has 4 nitrogen and oxygen atoms in total. The molecule has 0 amide bonds. The van der Waals surface area contributed by atoms with E-state index in [-0.39, 0.29) is 6.04 Å². The highest BCUT2D eigenvalue weighted by Crippen LogP contribution is 2.41. The molecule has 0 bridgehead atoms. The van der Waals surface area contributed by atoms with Crippen molar-refractivity contribution in [2.24, 2.45) is 5.73 Å². The van der Waals surface area contributed by atoms with Crippen LogP contribution >= 0.6 is 0 Å². The number of anilines is 1. The molecule has 0 fully saturated rings. The average molecular weight is 194 g/mol. The Labute approximate surface area is 82.8 Å². The number of hydrogen-bond donors (Lipinski definition) is 2. The molecule has 0 saturated heterocycles. The van der Waals surface area contributed by atoms with Gasteiger partial charge in [0.05, 0.1) is 25.0 Å². The van der Waals surface area contributed by atoms with Crippen molar-refractivity contribution in [1.82, 2.24) is 0 Å². The fraction of sp³-hybridized carbons (Fsp3) is 0.400. The van der Waals surface area contributed by atoms with Crippen LogP contribution in [0.5, 0.6) is 11.5 Å². The Morgan fingerprint density at radius 3 is 3.00 bits per heavy atom. The fourth-order valence-electron chi connectivity index (χ4n) is 1.72. The van der Waals surface area contributed by atoms with Gasteiger partial charge in [-0.05, 0) is 12.1 Å². The summed E-state index contributed by atoms with van der Waals surface area (Å²) in [6.07, 6.45) is 0.798. The molecule has 4 heteroatoms. The lowest BCUT2D eigenvalue weighted by Crippen LogP contribution is -2.22. The van der Waals surface area contributed by atoms with Crippen LogP contribution in [-0.4, -0.2) is 13.7 Å². The summed E-state index contributed by atoms with van der Waals surface area (Å²) in [6, 6.07) is 3.55. The molecule has 0 spiro atoms. The van der Waals surface area contributed by atoms with Crippen LogP contribution in [0.1, 0.15) is 18.0 Å². The lowest BCUT2D eigenvalue weighted by Gasteiger charge is -2.25. The van der Waals surface area contributed by atoms with Crippen LogP contribution in [0.2, 0.25) is 0 Å². The van der Waals surface area contributed by atoms with Gasteiger partial charge in [-0.2, -0.15) is 0 Å². The zero-order valence-electron chi connectivity index (χ0n) is 8.12. The van der Waals surface area contributed by atoms with Crippen LogP contribution in [0.4, 0.5) is 5.69 Å². The van der Waals surface area contributed by atoms with Gasteiger partial charge in [-0.1, -0.05) is 0 Å². The molecule has 1 heterocycles. The third-order valence-corrected chi connectivity index (χ3v) is 2.45. The highest BCUT2D eigenvalue weighted by atomic mass is 16.5. The third-order valence-electron chi connectivity index (χ3n) is 2.45. The number of methoxy groups -OCH3 is 1. The summed E-state index contributed by atoms with van der Waals surface area (Å²) in [5.41, 5.74) is 13.3. The van der Waals surface area contributed by atoms with E-state index in [2.05, 4.69) is 0 Å². The first-order valence-corrected chi connectivity index (χ1v) is 4.58. The smallest absolute Gasteiger partial charge is 0.150 e. The van der Waals surface area contributed by atoms with E-state index in [4.69, 9.17) is 20.9 Å². The van der Waals surface area contributed by atoms with Gasteiger partial charge in [0.25, 0.3) is 0 Å². The Kier molecular flexibility index (Phi) is 2.21. The normalized spacial score (nSPS) is 19.7. The minimum atomic E-state index is -0.0443. The average Bonchev–Trinajstić information content (AvgIpc) is 2.20. The van der Waals surface area contributed by atoms with Gasteiger partial charge >= 0.3 is 0 Å². The monoisotopic (exact) mass is 194 g/mol. The quantitative estimate of drug-likeness (QED) is 0.656. The second-order valence-electron chi connectivity index (χ2n) is 3.34. The van der Waals surface area contributed by atoms with Crippen molar-refractivity contribution in [3.63, 3.8) is 0 Å². The van der Waals surface area contributed by atoms with E-state index >= 15 is 0 Å². The van der Waals surface area contributed by atoms with Gasteiger partial charge in [0.1, 0.15) is 5.75 Å². The summed E-state index contributed by atoms with van der Waals surface area (Å²) in [5, 5.41) is 0. The molecule has 0 aliphatic carbocycles. The molecule has 76 valence electrons. The molecule has 1 aliphatic heterocycles. The molecule has 2 rings (SSSR count). The molecule has 1 aromatic carbocycles. The van der Waals surface area contributed by atoms with E-state index in [0.717, 1.165) is 17.7 Å². The van der Waals surface area contributed by atoms with E-state index in [9.17, 15) is 0 Å². The van der Waals surface area contributed by atoms with Crippen LogP contribution in [0.3, 0.4) is 0 Å². The van der Waals surface area contributed by atoms with E-state index < -0.39 is 0 Å². The maximum atomic E-state index is 5.98. The van der Waals surface area contributed by atoms with Crippen molar-refractivity contribution >= 4 is 5.69 Å². The zero-order valence-corrected chi connectivity index (χ0v) is 8.12. The van der Waals surface area contributed by atoms with Crippen LogP contribution in [0.25, 0.3) is 0 Å². The van der Waals surface area contributed by atoms with Gasteiger partial charge in [-0.15, -0.1) is 0 Å². The minimum Gasteiger partial charge on any atom is -0.496 e. The lowest BCUT2D eigenvalue weighted by molar-refractivity contribution is 0.264. The number of fused-ring (bicyclic) bond motifs is 1. The van der Waals surface area contributed by atoms with Crippen molar-refractivity contribution in [2.75, 3.05) is 19.5 Å². The molecular weight excluding hydrogens is 180 g/mol. The Morgan fingerprint density at radius 2 is 2.29 bits per heavy atom. The molecule has 0 unspecified atom stereocenters. The zero-order chi connectivity index (χ0) is 10.1. The number of ether oxygens (including phenoxy) is 2. The fourth-order valence-corrected chi connectivity index (χ4v) is 1.72. The van der Waals surface area contributed by atoms with Crippen LogP contribution in [-0.2, 0) is 0 Å². The standard InChI is InChI=1S/C10H14N2O2/c1-13-8-3-2-7(12)10-9(8)6(11)4-5-14-10/h2-3,6H,4-5,11-12H2,1H3/t6-/m1/s1. The number of nitrogens with two attached hydrogens (primary N) is 2. The van der Waals surface area contributed by atoms with Gasteiger partial charge in [0, 0.05) is 12.5 Å². The van der Waals surface area contributed by atoms with Crippen LogP contribution in [0.15, 0.2) is 12.1 Å². The van der Waals surface area contributed by atoms with E-state index in [1.807, 2.05) is 6.07 Å². The van der Waals surface area contributed by atoms with Gasteiger partial charge in [0.2, 0.25) is 0 Å². The summed E-state index contributed by atoms with van der Waals surface area (Å²) >= 11 is 0. The maximum Gasteiger partial charge on any atom is 0.150 e. The van der Waals surface area contributed by atoms with Crippen LogP contribution < -0.4 is 20.9 Å². The summed E-state index contributed by atoms with van der Waals surface area (Å²) in [6.45, 7) is 0.617. The van der Waals surface area contributed by atoms with Crippen molar-refractivity contribution in [2.45, 2.75) is 12.5 Å². The summed E-state index contributed by atoms with van der Waals surface area (Å²) in [5.74, 6) is 1.43. The molecule has 0 saturated carbocycles. The highest BCUT2D eigenvalue weighted by Gasteiger charge is 2.24. The molecule has 4 N–H and O–H groups in total. The maximum absolute atomic E-state index is 5.98. The van der Waals surface area contributed by atoms with Gasteiger partial charge in [-0.3, -0.25) is 0 Å². The Bertz CT molecular complexity index is 352. The second kappa shape index (κ2) is 3.38. The van der Waals surface area contributed by atoms with E-state index in [1.54, 1.807) is 13.2 Å². The number of hydrogen-bond acceptors (Lipinski definition) is 4. The van der Waals surface area contributed by atoms with E-state index in [0.29, 0.717) is 18.0 Å². The predicted molar refractivity (Wildman–Crippen MR) is 54.4 cm³/mol. The number of rotatable bonds is 1. The Morgan fingerprint density at radius 1 is 1.50 bits per heavy atom. The lowest BCUT2D eigenvalue weighted by atomic mass is 9.99. The topological polar surface area (TPSA) is 70.5 Å². The summed E-state index contributed by atoms with van der Waals surface area (Å²) in [7, 11) is 1.62. The highest BCUT2D eigenvalue weighted by molar-refractivity contribution is 5.63. The molecule has 0 aromatic heterocycles. The molecular formula is C10H14N2O2. The molecule has 1 aliphatic rings. The number of benzene rings is 1. The molecule has 0 radical (unpaired) electrons. The third kappa shape index (κ3) is 1.28. The minimum absolute atomic E-state index is 0.0443. The Hall–Kier alpha value is -1.42. The van der Waals surface area contributed by atoms with Crippen molar-refractivity contribution in [1.29, 1.82) is 0 Å². The molecule has 1 atom stereocenters. The second-order valence-corrected chi connectivity index (χ2v) is 3.34. The van der Waals surface area contributed by atoms with Gasteiger partial charge < -0.3 is 20.9 Å². The van der Waals surface area contributed by atoms with Crippen molar-refractivity contribution in [3.8, 4) is 11.5 Å². The van der Waals surface area contributed by atoms with Gasteiger partial charge in [-0.25, -0.2) is 0 Å². The van der Waals surface area contributed by atoms with Crippen LogP contribution in [0, 0.1) is 0 Å². The summed E-state index contributed by atoms with van der Waals surface area (Å²) < 4.78 is 10.7. The first-order valence-electron chi connectivity index (χ1n) is 4.58. The Balaban J connectivity index is 2.58. The van der Waals surface area contributed by atoms with E-state index in [1.165, 1.54) is 0 Å². The largest absolute Gasteiger partial charge is 0.496 e. The first kappa shape index (κ1) is 9.15. The molecule has 14 heavy (non-hydrogen) atoms.